The topological polar surface area (TPSA) is 20.2 Å². The molecule has 0 unspecified atom stereocenters. The third-order valence-corrected chi connectivity index (χ3v) is 4.59. The van der Waals surface area contributed by atoms with Crippen molar-refractivity contribution in [2.75, 3.05) is 20.6 Å². The Hall–Kier alpha value is -1.74. The minimum absolute atomic E-state index is 0.983. The lowest BCUT2D eigenvalue weighted by Crippen LogP contribution is -2.27. The average Bonchev–Trinajstić information content (AvgIpc) is 2.77. The summed E-state index contributed by atoms with van der Waals surface area (Å²) in [7, 11) is 4.16. The smallest absolute Gasteiger partial charge is 0.0486 e. The van der Waals surface area contributed by atoms with Gasteiger partial charge >= 0.3 is 0 Å². The molecule has 1 aromatic heterocycles. The van der Waals surface area contributed by atoms with Gasteiger partial charge in [-0.1, -0.05) is 18.2 Å². The number of benzene rings is 1. The Balaban J connectivity index is 2.08. The second-order valence-corrected chi connectivity index (χ2v) is 6.19. The molecule has 1 N–H and O–H groups in total. The van der Waals surface area contributed by atoms with E-state index in [1.54, 1.807) is 0 Å². The molecule has 2 heterocycles. The highest BCUT2D eigenvalue weighted by Gasteiger charge is 2.22. The van der Waals surface area contributed by atoms with Gasteiger partial charge in [-0.3, -0.25) is 0 Å². The van der Waals surface area contributed by atoms with Crippen LogP contribution < -0.4 is 5.32 Å². The van der Waals surface area contributed by atoms with E-state index in [0.717, 1.165) is 38.2 Å². The minimum atomic E-state index is 0.983. The Morgan fingerprint density at radius 1 is 1.38 bits per heavy atom. The summed E-state index contributed by atoms with van der Waals surface area (Å²) in [6, 6.07) is 6.85. The molecule has 0 aliphatic carbocycles. The predicted octanol–water partition coefficient (Wildman–Crippen LogP) is 3.06. The molecule has 0 spiro atoms. The molecule has 3 heteroatoms. The zero-order chi connectivity index (χ0) is 15.0. The second-order valence-electron chi connectivity index (χ2n) is 6.19. The first kappa shape index (κ1) is 14.2. The van der Waals surface area contributed by atoms with Gasteiger partial charge in [-0.25, -0.2) is 0 Å². The van der Waals surface area contributed by atoms with Crippen LogP contribution in [0.3, 0.4) is 0 Å². The molecule has 3 nitrogen and oxygen atoms in total. The lowest BCUT2D eigenvalue weighted by atomic mass is 10.0. The van der Waals surface area contributed by atoms with E-state index in [0.29, 0.717) is 0 Å². The fraction of sp³-hybridized carbons (Fsp3) is 0.444. The van der Waals surface area contributed by atoms with E-state index in [-0.39, 0.29) is 0 Å². The molecule has 0 fully saturated rings. The molecule has 21 heavy (non-hydrogen) atoms. The van der Waals surface area contributed by atoms with E-state index < -0.39 is 0 Å². The van der Waals surface area contributed by atoms with Gasteiger partial charge in [0.25, 0.3) is 0 Å². The zero-order valence-electron chi connectivity index (χ0n) is 13.4. The molecule has 2 aromatic rings. The van der Waals surface area contributed by atoms with Crippen LogP contribution in [-0.4, -0.2) is 30.1 Å². The van der Waals surface area contributed by atoms with Crippen molar-refractivity contribution in [1.82, 2.24) is 14.8 Å². The Kier molecular flexibility index (Phi) is 3.77. The summed E-state index contributed by atoms with van der Waals surface area (Å²) in [5, 5.41) is 4.59. The molecular formula is C18H25N3. The summed E-state index contributed by atoms with van der Waals surface area (Å²) in [5.74, 6) is 0. The highest BCUT2D eigenvalue weighted by Crippen LogP contribution is 2.31. The van der Waals surface area contributed by atoms with Gasteiger partial charge < -0.3 is 14.8 Å². The van der Waals surface area contributed by atoms with Crippen LogP contribution in [-0.2, 0) is 19.5 Å². The summed E-state index contributed by atoms with van der Waals surface area (Å²) in [5.41, 5.74) is 6.88. The van der Waals surface area contributed by atoms with Crippen LogP contribution in [0.2, 0.25) is 0 Å². The van der Waals surface area contributed by atoms with E-state index in [1.165, 1.54) is 27.7 Å². The number of likely N-dealkylation sites (N-methyl/N-ethyl adjacent to an activating group) is 1. The highest BCUT2D eigenvalue weighted by atomic mass is 15.1. The number of hydrogen-bond donors (Lipinski definition) is 1. The van der Waals surface area contributed by atoms with Gasteiger partial charge in [-0.05, 0) is 31.7 Å². The van der Waals surface area contributed by atoms with Crippen molar-refractivity contribution in [3.05, 3.63) is 47.3 Å². The normalized spacial score (nSPS) is 15.2. The van der Waals surface area contributed by atoms with Crippen molar-refractivity contribution in [2.45, 2.75) is 32.9 Å². The first-order valence-electron chi connectivity index (χ1n) is 7.75. The van der Waals surface area contributed by atoms with Crippen molar-refractivity contribution in [1.29, 1.82) is 0 Å². The van der Waals surface area contributed by atoms with E-state index in [4.69, 9.17) is 0 Å². The van der Waals surface area contributed by atoms with Crippen LogP contribution in [0, 0.1) is 6.92 Å². The minimum Gasteiger partial charge on any atom is -0.392 e. The predicted molar refractivity (Wildman–Crippen MR) is 89.5 cm³/mol. The van der Waals surface area contributed by atoms with E-state index in [1.807, 2.05) is 7.05 Å². The molecule has 0 bridgehead atoms. The van der Waals surface area contributed by atoms with E-state index in [9.17, 15) is 0 Å². The molecule has 0 saturated carbocycles. The molecule has 1 aliphatic rings. The van der Waals surface area contributed by atoms with Gasteiger partial charge in [-0.15, -0.1) is 0 Å². The maximum absolute atomic E-state index is 4.06. The Labute approximate surface area is 127 Å². The van der Waals surface area contributed by atoms with Crippen molar-refractivity contribution in [2.24, 2.45) is 0 Å². The maximum atomic E-state index is 4.06. The van der Waals surface area contributed by atoms with Gasteiger partial charge in [0.15, 0.2) is 0 Å². The third-order valence-electron chi connectivity index (χ3n) is 4.59. The molecule has 1 aliphatic heterocycles. The largest absolute Gasteiger partial charge is 0.392 e. The fourth-order valence-electron chi connectivity index (χ4n) is 3.33. The number of rotatable bonds is 4. The lowest BCUT2D eigenvalue weighted by Gasteiger charge is -2.24. The van der Waals surface area contributed by atoms with Gasteiger partial charge in [-0.2, -0.15) is 0 Å². The summed E-state index contributed by atoms with van der Waals surface area (Å²) in [4.78, 5) is 2.42. The third kappa shape index (κ3) is 2.58. The van der Waals surface area contributed by atoms with Crippen LogP contribution in [0.25, 0.3) is 10.9 Å². The van der Waals surface area contributed by atoms with Crippen molar-refractivity contribution in [3.8, 4) is 0 Å². The zero-order valence-corrected chi connectivity index (χ0v) is 13.4. The standard InChI is InChI=1S/C18H25N3/c1-13-5-6-17-15(11-13)16-12-20(4)9-8-18(16)21(17)10-7-14(2)19-3/h5-6,11,19H,2,7-10,12H2,1,3-4H3. The number of aromatic nitrogens is 1. The number of aryl methyl sites for hydroxylation is 2. The SMILES string of the molecule is C=C(CCn1c2c(c3cc(C)ccc31)CN(C)CC2)NC. The van der Waals surface area contributed by atoms with Gasteiger partial charge in [0.2, 0.25) is 0 Å². The molecule has 0 radical (unpaired) electrons. The number of nitrogens with one attached hydrogen (secondary N) is 1. The second kappa shape index (κ2) is 5.57. The fourth-order valence-corrected chi connectivity index (χ4v) is 3.33. The number of allylic oxidation sites excluding steroid dienone is 1. The molecule has 3 rings (SSSR count). The molecule has 0 saturated heterocycles. The Morgan fingerprint density at radius 3 is 2.95 bits per heavy atom. The monoisotopic (exact) mass is 283 g/mol. The molecule has 0 atom stereocenters. The molecular weight excluding hydrogens is 258 g/mol. The molecule has 112 valence electrons. The molecule has 1 aromatic carbocycles. The average molecular weight is 283 g/mol. The number of fused-ring (bicyclic) bond motifs is 3. The van der Waals surface area contributed by atoms with Crippen LogP contribution >= 0.6 is 0 Å². The first-order chi connectivity index (χ1) is 10.1. The molecule has 0 amide bonds. The van der Waals surface area contributed by atoms with Crippen LogP contribution in [0.5, 0.6) is 0 Å². The summed E-state index contributed by atoms with van der Waals surface area (Å²) < 4.78 is 2.51. The van der Waals surface area contributed by atoms with Crippen LogP contribution in [0.1, 0.15) is 23.2 Å². The Morgan fingerprint density at radius 2 is 2.19 bits per heavy atom. The van der Waals surface area contributed by atoms with Crippen molar-refractivity contribution < 1.29 is 0 Å². The highest BCUT2D eigenvalue weighted by molar-refractivity contribution is 5.86. The first-order valence-corrected chi connectivity index (χ1v) is 7.75. The van der Waals surface area contributed by atoms with Crippen LogP contribution in [0.15, 0.2) is 30.5 Å². The summed E-state index contributed by atoms with van der Waals surface area (Å²) in [6.07, 6.45) is 2.13. The van der Waals surface area contributed by atoms with Gasteiger partial charge in [0.05, 0.1) is 0 Å². The van der Waals surface area contributed by atoms with Crippen molar-refractivity contribution in [3.63, 3.8) is 0 Å². The maximum Gasteiger partial charge on any atom is 0.0486 e. The van der Waals surface area contributed by atoms with Gasteiger partial charge in [0.1, 0.15) is 0 Å². The summed E-state index contributed by atoms with van der Waals surface area (Å²) in [6.45, 7) is 9.46. The van der Waals surface area contributed by atoms with Gasteiger partial charge in [0, 0.05) is 61.8 Å². The van der Waals surface area contributed by atoms with Crippen molar-refractivity contribution >= 4 is 10.9 Å². The van der Waals surface area contributed by atoms with E-state index >= 15 is 0 Å². The Bertz CT molecular complexity index is 681. The number of nitrogens with zero attached hydrogens (tertiary/aromatic N) is 2. The number of hydrogen-bond acceptors (Lipinski definition) is 2. The lowest BCUT2D eigenvalue weighted by molar-refractivity contribution is 0.309. The quantitative estimate of drug-likeness (QED) is 0.930. The summed E-state index contributed by atoms with van der Waals surface area (Å²) >= 11 is 0. The van der Waals surface area contributed by atoms with Crippen LogP contribution in [0.4, 0.5) is 0 Å². The van der Waals surface area contributed by atoms with E-state index in [2.05, 4.69) is 53.5 Å².